The van der Waals surface area contributed by atoms with Crippen LogP contribution in [0.25, 0.3) is 0 Å². The summed E-state index contributed by atoms with van der Waals surface area (Å²) in [6, 6.07) is 6.03. The van der Waals surface area contributed by atoms with Crippen LogP contribution in [0, 0.1) is 25.7 Å². The minimum atomic E-state index is -0.00581. The molecule has 1 saturated carbocycles. The molecule has 0 saturated heterocycles. The number of rotatable bonds is 6. The van der Waals surface area contributed by atoms with E-state index in [2.05, 4.69) is 16.7 Å². The fourth-order valence-electron chi connectivity index (χ4n) is 3.23. The number of amides is 2. The molecule has 5 nitrogen and oxygen atoms in total. The first-order valence-corrected chi connectivity index (χ1v) is 8.66. The van der Waals surface area contributed by atoms with Crippen LogP contribution in [0.5, 0.6) is 0 Å². The second-order valence-electron chi connectivity index (χ2n) is 6.64. The summed E-state index contributed by atoms with van der Waals surface area (Å²) in [5.74, 6) is 0.168. The van der Waals surface area contributed by atoms with Crippen molar-refractivity contribution in [3.05, 3.63) is 29.3 Å². The molecule has 1 fully saturated rings. The van der Waals surface area contributed by atoms with Gasteiger partial charge in [-0.25, -0.2) is 0 Å². The first kappa shape index (κ1) is 18.5. The standard InChI is InChI=1S/C19H28N2O3/c1-13-4-9-17(14(2)12-13)21-19(23)16-7-5-15(6-8-16)18(22)20-10-11-24-3/h4,9,12,15-16H,5-8,10-11H2,1-3H3,(H,20,22)(H,21,23). The van der Waals surface area contributed by atoms with Gasteiger partial charge >= 0.3 is 0 Å². The van der Waals surface area contributed by atoms with Gasteiger partial charge in [-0.3, -0.25) is 9.59 Å². The second-order valence-corrected chi connectivity index (χ2v) is 6.64. The predicted octanol–water partition coefficient (Wildman–Crippen LogP) is 2.81. The molecule has 0 aromatic heterocycles. The third-order valence-corrected chi connectivity index (χ3v) is 4.71. The average molecular weight is 332 g/mol. The van der Waals surface area contributed by atoms with Crippen molar-refractivity contribution in [1.82, 2.24) is 5.32 Å². The zero-order chi connectivity index (χ0) is 17.5. The topological polar surface area (TPSA) is 67.4 Å². The molecule has 0 radical (unpaired) electrons. The quantitative estimate of drug-likeness (QED) is 0.787. The molecule has 2 amide bonds. The number of methoxy groups -OCH3 is 1. The maximum Gasteiger partial charge on any atom is 0.227 e. The number of carbonyl (C=O) groups excluding carboxylic acids is 2. The Morgan fingerprint density at radius 1 is 1.08 bits per heavy atom. The van der Waals surface area contributed by atoms with Gasteiger partial charge in [-0.15, -0.1) is 0 Å². The van der Waals surface area contributed by atoms with Crippen molar-refractivity contribution in [2.45, 2.75) is 39.5 Å². The molecule has 5 heteroatoms. The van der Waals surface area contributed by atoms with Crippen molar-refractivity contribution in [1.29, 1.82) is 0 Å². The molecule has 2 rings (SSSR count). The summed E-state index contributed by atoms with van der Waals surface area (Å²) in [6.07, 6.45) is 3.06. The van der Waals surface area contributed by atoms with Gasteiger partial charge in [-0.05, 0) is 51.2 Å². The van der Waals surface area contributed by atoms with E-state index in [0.29, 0.717) is 13.2 Å². The Hall–Kier alpha value is -1.88. The van der Waals surface area contributed by atoms with E-state index in [0.717, 1.165) is 36.9 Å². The van der Waals surface area contributed by atoms with Crippen LogP contribution in [0.4, 0.5) is 5.69 Å². The van der Waals surface area contributed by atoms with Crippen molar-refractivity contribution in [2.75, 3.05) is 25.6 Å². The predicted molar refractivity (Wildman–Crippen MR) is 94.9 cm³/mol. The van der Waals surface area contributed by atoms with Crippen LogP contribution in [0.15, 0.2) is 18.2 Å². The lowest BCUT2D eigenvalue weighted by Gasteiger charge is -2.27. The molecule has 0 bridgehead atoms. The molecule has 0 unspecified atom stereocenters. The van der Waals surface area contributed by atoms with E-state index in [-0.39, 0.29) is 23.7 Å². The second kappa shape index (κ2) is 8.83. The average Bonchev–Trinajstić information content (AvgIpc) is 2.57. The van der Waals surface area contributed by atoms with Crippen molar-refractivity contribution in [2.24, 2.45) is 11.8 Å². The van der Waals surface area contributed by atoms with E-state index < -0.39 is 0 Å². The number of ether oxygens (including phenoxy) is 1. The van der Waals surface area contributed by atoms with E-state index >= 15 is 0 Å². The number of anilines is 1. The summed E-state index contributed by atoms with van der Waals surface area (Å²) in [6.45, 7) is 5.11. The van der Waals surface area contributed by atoms with E-state index in [9.17, 15) is 9.59 Å². The van der Waals surface area contributed by atoms with Gasteiger partial charge in [-0.2, -0.15) is 0 Å². The van der Waals surface area contributed by atoms with Crippen LogP contribution >= 0.6 is 0 Å². The van der Waals surface area contributed by atoms with Gasteiger partial charge in [0.1, 0.15) is 0 Å². The first-order chi connectivity index (χ1) is 11.5. The lowest BCUT2D eigenvalue weighted by molar-refractivity contribution is -0.128. The smallest absolute Gasteiger partial charge is 0.227 e. The van der Waals surface area contributed by atoms with Crippen LogP contribution in [-0.4, -0.2) is 32.1 Å². The zero-order valence-corrected chi connectivity index (χ0v) is 14.9. The summed E-state index contributed by atoms with van der Waals surface area (Å²) >= 11 is 0. The van der Waals surface area contributed by atoms with E-state index in [1.807, 2.05) is 26.0 Å². The number of nitrogens with one attached hydrogen (secondary N) is 2. The normalized spacial score (nSPS) is 20.5. The lowest BCUT2D eigenvalue weighted by Crippen LogP contribution is -2.36. The molecular formula is C19H28N2O3. The van der Waals surface area contributed by atoms with Gasteiger partial charge in [0.15, 0.2) is 0 Å². The molecule has 0 heterocycles. The molecule has 1 aromatic carbocycles. The van der Waals surface area contributed by atoms with Crippen molar-refractivity contribution < 1.29 is 14.3 Å². The van der Waals surface area contributed by atoms with E-state index in [1.54, 1.807) is 7.11 Å². The number of hydrogen-bond acceptors (Lipinski definition) is 3. The summed E-state index contributed by atoms with van der Waals surface area (Å²) in [4.78, 5) is 24.5. The van der Waals surface area contributed by atoms with Crippen LogP contribution in [0.2, 0.25) is 0 Å². The third-order valence-electron chi connectivity index (χ3n) is 4.71. The fourth-order valence-corrected chi connectivity index (χ4v) is 3.23. The first-order valence-electron chi connectivity index (χ1n) is 8.66. The Bertz CT molecular complexity index is 578. The van der Waals surface area contributed by atoms with Crippen molar-refractivity contribution >= 4 is 17.5 Å². The largest absolute Gasteiger partial charge is 0.383 e. The number of benzene rings is 1. The Balaban J connectivity index is 1.81. The Kier molecular flexibility index (Phi) is 6.79. The molecular weight excluding hydrogens is 304 g/mol. The monoisotopic (exact) mass is 332 g/mol. The van der Waals surface area contributed by atoms with Gasteiger partial charge in [-0.1, -0.05) is 17.7 Å². The maximum absolute atomic E-state index is 12.5. The number of aryl methyl sites for hydroxylation is 2. The molecule has 0 atom stereocenters. The highest BCUT2D eigenvalue weighted by molar-refractivity contribution is 5.93. The van der Waals surface area contributed by atoms with E-state index in [1.165, 1.54) is 5.56 Å². The molecule has 1 aliphatic carbocycles. The summed E-state index contributed by atoms with van der Waals surface area (Å²) in [5.41, 5.74) is 3.14. The molecule has 1 aromatic rings. The van der Waals surface area contributed by atoms with Crippen molar-refractivity contribution in [3.8, 4) is 0 Å². The maximum atomic E-state index is 12.5. The Labute approximate surface area is 144 Å². The highest BCUT2D eigenvalue weighted by Gasteiger charge is 2.29. The molecule has 132 valence electrons. The molecule has 0 aliphatic heterocycles. The highest BCUT2D eigenvalue weighted by atomic mass is 16.5. The molecule has 1 aliphatic rings. The summed E-state index contributed by atoms with van der Waals surface area (Å²) < 4.78 is 4.93. The minimum Gasteiger partial charge on any atom is -0.383 e. The van der Waals surface area contributed by atoms with Gasteiger partial charge in [0, 0.05) is 31.2 Å². The highest BCUT2D eigenvalue weighted by Crippen LogP contribution is 2.30. The number of carbonyl (C=O) groups is 2. The van der Waals surface area contributed by atoms with Crippen LogP contribution in [0.3, 0.4) is 0 Å². The van der Waals surface area contributed by atoms with Crippen LogP contribution in [0.1, 0.15) is 36.8 Å². The Morgan fingerprint density at radius 3 is 2.29 bits per heavy atom. The summed E-state index contributed by atoms with van der Waals surface area (Å²) in [7, 11) is 1.62. The molecule has 0 spiro atoms. The summed E-state index contributed by atoms with van der Waals surface area (Å²) in [5, 5.41) is 5.92. The SMILES string of the molecule is COCCNC(=O)C1CCC(C(=O)Nc2ccc(C)cc2C)CC1. The molecule has 24 heavy (non-hydrogen) atoms. The fraction of sp³-hybridized carbons (Fsp3) is 0.579. The Morgan fingerprint density at radius 2 is 1.71 bits per heavy atom. The lowest BCUT2D eigenvalue weighted by atomic mass is 9.81. The van der Waals surface area contributed by atoms with Gasteiger partial charge in [0.05, 0.1) is 6.61 Å². The third kappa shape index (κ3) is 5.06. The van der Waals surface area contributed by atoms with E-state index in [4.69, 9.17) is 4.74 Å². The van der Waals surface area contributed by atoms with Gasteiger partial charge < -0.3 is 15.4 Å². The van der Waals surface area contributed by atoms with Gasteiger partial charge in [0.2, 0.25) is 11.8 Å². The van der Waals surface area contributed by atoms with Crippen molar-refractivity contribution in [3.63, 3.8) is 0 Å². The van der Waals surface area contributed by atoms with Crippen LogP contribution < -0.4 is 10.6 Å². The van der Waals surface area contributed by atoms with Gasteiger partial charge in [0.25, 0.3) is 0 Å². The van der Waals surface area contributed by atoms with Crippen LogP contribution in [-0.2, 0) is 14.3 Å². The minimum absolute atomic E-state index is 0.00581. The number of hydrogen-bond donors (Lipinski definition) is 2. The molecule has 2 N–H and O–H groups in total. The zero-order valence-electron chi connectivity index (χ0n) is 14.9.